The van der Waals surface area contributed by atoms with Gasteiger partial charge in [0, 0.05) is 18.2 Å². The topological polar surface area (TPSA) is 118 Å². The van der Waals surface area contributed by atoms with E-state index >= 15 is 0 Å². The van der Waals surface area contributed by atoms with E-state index in [9.17, 15) is 14.7 Å². The Morgan fingerprint density at radius 3 is 2.86 bits per heavy atom. The monoisotopic (exact) mass is 293 g/mol. The number of rotatable bonds is 5. The zero-order valence-corrected chi connectivity index (χ0v) is 11.3. The lowest BCUT2D eigenvalue weighted by Gasteiger charge is -2.08. The summed E-state index contributed by atoms with van der Waals surface area (Å²) < 4.78 is 9.60. The van der Waals surface area contributed by atoms with E-state index in [-0.39, 0.29) is 18.8 Å². The number of furan rings is 1. The van der Waals surface area contributed by atoms with Gasteiger partial charge in [0.2, 0.25) is 0 Å². The smallest absolute Gasteiger partial charge is 0.314 e. The van der Waals surface area contributed by atoms with Crippen molar-refractivity contribution in [2.75, 3.05) is 11.9 Å². The summed E-state index contributed by atoms with van der Waals surface area (Å²) in [4.78, 5) is 23.1. The number of nitrogens with zero attached hydrogens (tertiary/aromatic N) is 1. The van der Waals surface area contributed by atoms with E-state index in [1.807, 2.05) is 0 Å². The lowest BCUT2D eigenvalue weighted by molar-refractivity contribution is -0.136. The standard InChI is InChI=1S/C13H15N3O5/c1-8-6-11(16-21-8)15-13(19)12(18)14-4-2-10(17)9-3-5-20-7-9/h3,5-7,10,17H,2,4H2,1H3,(H,14,18)(H,15,16,19). The molecule has 0 aliphatic carbocycles. The van der Waals surface area contributed by atoms with Crippen molar-refractivity contribution in [1.82, 2.24) is 10.5 Å². The molecule has 2 aromatic rings. The van der Waals surface area contributed by atoms with Gasteiger partial charge in [-0.25, -0.2) is 0 Å². The molecule has 8 nitrogen and oxygen atoms in total. The van der Waals surface area contributed by atoms with Crippen LogP contribution in [0.5, 0.6) is 0 Å². The summed E-state index contributed by atoms with van der Waals surface area (Å²) in [6.45, 7) is 1.82. The molecular weight excluding hydrogens is 278 g/mol. The molecule has 2 heterocycles. The Labute approximate surface area is 120 Å². The van der Waals surface area contributed by atoms with E-state index in [2.05, 4.69) is 15.8 Å². The second kappa shape index (κ2) is 6.71. The largest absolute Gasteiger partial charge is 0.472 e. The normalized spacial score (nSPS) is 11.9. The third-order valence-electron chi connectivity index (χ3n) is 2.71. The molecule has 2 amide bonds. The maximum absolute atomic E-state index is 11.5. The molecule has 0 aromatic carbocycles. The summed E-state index contributed by atoms with van der Waals surface area (Å²) in [5, 5.41) is 18.0. The molecule has 112 valence electrons. The Balaban J connectivity index is 1.72. The number of aliphatic hydroxyl groups excluding tert-OH is 1. The highest BCUT2D eigenvalue weighted by atomic mass is 16.5. The number of nitrogens with one attached hydrogen (secondary N) is 2. The number of anilines is 1. The summed E-state index contributed by atoms with van der Waals surface area (Å²) in [6.07, 6.45) is 2.38. The molecule has 0 aliphatic heterocycles. The van der Waals surface area contributed by atoms with E-state index in [0.717, 1.165) is 0 Å². The van der Waals surface area contributed by atoms with Gasteiger partial charge in [0.25, 0.3) is 0 Å². The van der Waals surface area contributed by atoms with Gasteiger partial charge in [-0.3, -0.25) is 14.9 Å². The maximum Gasteiger partial charge on any atom is 0.314 e. The van der Waals surface area contributed by atoms with Crippen molar-refractivity contribution >= 4 is 17.6 Å². The predicted octanol–water partition coefficient (Wildman–Crippen LogP) is 0.754. The van der Waals surface area contributed by atoms with E-state index < -0.39 is 17.9 Å². The van der Waals surface area contributed by atoms with Crippen LogP contribution in [0.1, 0.15) is 23.8 Å². The quantitative estimate of drug-likeness (QED) is 0.700. The summed E-state index contributed by atoms with van der Waals surface area (Å²) in [5.74, 6) is -0.962. The minimum atomic E-state index is -0.846. The van der Waals surface area contributed by atoms with E-state index in [1.165, 1.54) is 18.6 Å². The van der Waals surface area contributed by atoms with Crippen LogP contribution in [0.2, 0.25) is 0 Å². The van der Waals surface area contributed by atoms with Gasteiger partial charge in [0.15, 0.2) is 5.82 Å². The van der Waals surface area contributed by atoms with E-state index in [4.69, 9.17) is 8.94 Å². The van der Waals surface area contributed by atoms with Gasteiger partial charge in [-0.15, -0.1) is 0 Å². The number of carbonyl (C=O) groups is 2. The van der Waals surface area contributed by atoms with E-state index in [0.29, 0.717) is 11.3 Å². The van der Waals surface area contributed by atoms with Gasteiger partial charge < -0.3 is 19.4 Å². The number of aryl methyl sites for hydroxylation is 1. The second-order valence-electron chi connectivity index (χ2n) is 4.39. The van der Waals surface area contributed by atoms with Crippen LogP contribution in [0.15, 0.2) is 33.6 Å². The average Bonchev–Trinajstić information content (AvgIpc) is 3.10. The molecule has 8 heteroatoms. The highest BCUT2D eigenvalue weighted by Gasteiger charge is 2.16. The molecule has 0 aliphatic rings. The van der Waals surface area contributed by atoms with Gasteiger partial charge in [0.05, 0.1) is 18.6 Å². The van der Waals surface area contributed by atoms with Gasteiger partial charge in [-0.1, -0.05) is 5.16 Å². The van der Waals surface area contributed by atoms with Crippen LogP contribution in [0, 0.1) is 6.92 Å². The van der Waals surface area contributed by atoms with Gasteiger partial charge in [-0.2, -0.15) is 0 Å². The van der Waals surface area contributed by atoms with Crippen molar-refractivity contribution in [2.45, 2.75) is 19.4 Å². The molecular formula is C13H15N3O5. The maximum atomic E-state index is 11.5. The Kier molecular flexibility index (Phi) is 4.72. The molecule has 0 fully saturated rings. The van der Waals surface area contributed by atoms with Gasteiger partial charge >= 0.3 is 11.8 Å². The van der Waals surface area contributed by atoms with Crippen LogP contribution in [0.25, 0.3) is 0 Å². The number of carbonyl (C=O) groups excluding carboxylic acids is 2. The molecule has 0 spiro atoms. The zero-order chi connectivity index (χ0) is 15.2. The minimum absolute atomic E-state index is 0.149. The molecule has 2 rings (SSSR count). The van der Waals surface area contributed by atoms with Crippen molar-refractivity contribution < 1.29 is 23.6 Å². The van der Waals surface area contributed by atoms with Crippen LogP contribution < -0.4 is 10.6 Å². The minimum Gasteiger partial charge on any atom is -0.472 e. The van der Waals surface area contributed by atoms with Crippen molar-refractivity contribution in [3.05, 3.63) is 36.0 Å². The predicted molar refractivity (Wildman–Crippen MR) is 71.2 cm³/mol. The summed E-state index contributed by atoms with van der Waals surface area (Å²) in [6, 6.07) is 3.12. The SMILES string of the molecule is Cc1cc(NC(=O)C(=O)NCCC(O)c2ccoc2)no1. The Morgan fingerprint density at radius 1 is 1.43 bits per heavy atom. The number of hydrogen-bond donors (Lipinski definition) is 3. The summed E-state index contributed by atoms with van der Waals surface area (Å²) in [5.41, 5.74) is 0.617. The summed E-state index contributed by atoms with van der Waals surface area (Å²) >= 11 is 0. The molecule has 1 atom stereocenters. The first-order chi connectivity index (χ1) is 10.1. The summed E-state index contributed by atoms with van der Waals surface area (Å²) in [7, 11) is 0. The number of hydrogen-bond acceptors (Lipinski definition) is 6. The molecule has 0 radical (unpaired) electrons. The Morgan fingerprint density at radius 2 is 2.24 bits per heavy atom. The second-order valence-corrected chi connectivity index (χ2v) is 4.39. The lowest BCUT2D eigenvalue weighted by Crippen LogP contribution is -2.36. The van der Waals surface area contributed by atoms with E-state index in [1.54, 1.807) is 13.0 Å². The van der Waals surface area contributed by atoms with Crippen LogP contribution in [-0.4, -0.2) is 28.6 Å². The molecule has 1 unspecified atom stereocenters. The molecule has 0 saturated carbocycles. The fourth-order valence-electron chi connectivity index (χ4n) is 1.63. The van der Waals surface area contributed by atoms with Gasteiger partial charge in [-0.05, 0) is 19.4 Å². The van der Waals surface area contributed by atoms with Crippen LogP contribution in [-0.2, 0) is 9.59 Å². The molecule has 2 aromatic heterocycles. The average molecular weight is 293 g/mol. The van der Waals surface area contributed by atoms with Crippen LogP contribution in [0.4, 0.5) is 5.82 Å². The highest BCUT2D eigenvalue weighted by molar-refractivity contribution is 6.39. The lowest BCUT2D eigenvalue weighted by atomic mass is 10.1. The van der Waals surface area contributed by atoms with Crippen molar-refractivity contribution in [3.8, 4) is 0 Å². The molecule has 0 saturated heterocycles. The van der Waals surface area contributed by atoms with Crippen molar-refractivity contribution in [2.24, 2.45) is 0 Å². The first kappa shape index (κ1) is 14.8. The number of amides is 2. The molecule has 3 N–H and O–H groups in total. The fourth-order valence-corrected chi connectivity index (χ4v) is 1.63. The first-order valence-electron chi connectivity index (χ1n) is 6.29. The van der Waals surface area contributed by atoms with Crippen LogP contribution >= 0.6 is 0 Å². The zero-order valence-electron chi connectivity index (χ0n) is 11.3. The Bertz CT molecular complexity index is 605. The molecule has 21 heavy (non-hydrogen) atoms. The van der Waals surface area contributed by atoms with Crippen LogP contribution in [0.3, 0.4) is 0 Å². The van der Waals surface area contributed by atoms with Crippen molar-refractivity contribution in [1.29, 1.82) is 0 Å². The number of aliphatic hydroxyl groups is 1. The van der Waals surface area contributed by atoms with Gasteiger partial charge in [0.1, 0.15) is 5.76 Å². The third-order valence-corrected chi connectivity index (χ3v) is 2.71. The fraction of sp³-hybridized carbons (Fsp3) is 0.308. The number of aromatic nitrogens is 1. The van der Waals surface area contributed by atoms with Crippen molar-refractivity contribution in [3.63, 3.8) is 0 Å². The molecule has 0 bridgehead atoms. The first-order valence-corrected chi connectivity index (χ1v) is 6.29. The third kappa shape index (κ3) is 4.18. The highest BCUT2D eigenvalue weighted by Crippen LogP contribution is 2.15. The Hall–Kier alpha value is -2.61.